The summed E-state index contributed by atoms with van der Waals surface area (Å²) in [6, 6.07) is 16.9. The van der Waals surface area contributed by atoms with Crippen LogP contribution < -0.4 is 11.3 Å². The van der Waals surface area contributed by atoms with Gasteiger partial charge in [-0.3, -0.25) is 14.3 Å². The molecule has 0 amide bonds. The number of hydrogen-bond donors (Lipinski definition) is 2. The molecule has 0 saturated carbocycles. The number of benzene rings is 2. The van der Waals surface area contributed by atoms with Gasteiger partial charge in [0.15, 0.2) is 5.82 Å². The van der Waals surface area contributed by atoms with E-state index in [0.717, 1.165) is 22.3 Å². The third-order valence-corrected chi connectivity index (χ3v) is 3.98. The van der Waals surface area contributed by atoms with Crippen molar-refractivity contribution in [2.45, 2.75) is 6.42 Å². The van der Waals surface area contributed by atoms with Crippen molar-refractivity contribution in [1.29, 1.82) is 0 Å². The quantitative estimate of drug-likeness (QED) is 0.523. The first-order chi connectivity index (χ1) is 12.7. The molecule has 0 atom stereocenters. The number of H-pyrrole nitrogens is 2. The molecule has 27 heavy (non-hydrogen) atoms. The minimum atomic E-state index is -0.588. The summed E-state index contributed by atoms with van der Waals surface area (Å²) in [5, 5.41) is 3.77. The van der Waals surface area contributed by atoms with E-state index in [9.17, 15) is 9.59 Å². The number of nitrogens with zero attached hydrogens (tertiary/aromatic N) is 2. The summed E-state index contributed by atoms with van der Waals surface area (Å²) in [5.41, 5.74) is 3.54. The van der Waals surface area contributed by atoms with Gasteiger partial charge < -0.3 is 4.98 Å². The van der Waals surface area contributed by atoms with Crippen molar-refractivity contribution in [3.8, 4) is 22.5 Å². The summed E-state index contributed by atoms with van der Waals surface area (Å²) in [7, 11) is 0. The van der Waals surface area contributed by atoms with E-state index in [2.05, 4.69) is 24.6 Å². The molecule has 4 aromatic rings. The fraction of sp³-hybridized carbons (Fsp3) is 0.0526. The molecular formula is C19H14KN4O3. The van der Waals surface area contributed by atoms with Gasteiger partial charge in [-0.1, -0.05) is 53.7 Å². The smallest absolute Gasteiger partial charge is 0.310 e. The fourth-order valence-corrected chi connectivity index (χ4v) is 2.78. The van der Waals surface area contributed by atoms with Gasteiger partial charge in [0.05, 0.1) is 0 Å². The van der Waals surface area contributed by atoms with Gasteiger partial charge >= 0.3 is 5.76 Å². The number of aromatic nitrogens is 4. The predicted molar refractivity (Wildman–Crippen MR) is 101 cm³/mol. The van der Waals surface area contributed by atoms with Crippen LogP contribution in [-0.2, 0) is 6.42 Å². The SMILES string of the molecule is O=c1ccnc(Cc2ccc(-c3ccccc3-c3noc(=O)[nH]3)cc2)[nH]1.[K]. The van der Waals surface area contributed by atoms with Crippen molar-refractivity contribution < 1.29 is 4.52 Å². The molecule has 2 aromatic heterocycles. The summed E-state index contributed by atoms with van der Waals surface area (Å²) >= 11 is 0. The standard InChI is InChI=1S/C19H14N4O3.K/c24-17-9-10-20-16(21-17)11-12-5-7-13(8-6-12)14-3-1-2-4-15(14)18-22-19(25)26-23-18;/h1-10H,11H2,(H,20,21,24)(H,22,23,25);. The Morgan fingerprint density at radius 2 is 1.63 bits per heavy atom. The topological polar surface area (TPSA) is 105 Å². The molecule has 8 heteroatoms. The number of nitrogens with one attached hydrogen (secondary N) is 2. The Labute approximate surface area is 196 Å². The van der Waals surface area contributed by atoms with Gasteiger partial charge in [-0.2, -0.15) is 0 Å². The Kier molecular flexibility index (Phi) is 6.35. The van der Waals surface area contributed by atoms with Crippen molar-refractivity contribution >= 4 is 51.4 Å². The van der Waals surface area contributed by atoms with Crippen LogP contribution in [0.3, 0.4) is 0 Å². The molecule has 2 N–H and O–H groups in total. The second-order valence-electron chi connectivity index (χ2n) is 5.74. The van der Waals surface area contributed by atoms with Gasteiger partial charge in [-0.25, -0.2) is 9.78 Å². The third-order valence-electron chi connectivity index (χ3n) is 3.98. The fourth-order valence-electron chi connectivity index (χ4n) is 2.78. The number of hydrogen-bond acceptors (Lipinski definition) is 5. The van der Waals surface area contributed by atoms with Gasteiger partial charge in [-0.15, -0.1) is 0 Å². The van der Waals surface area contributed by atoms with E-state index in [1.807, 2.05) is 48.5 Å². The van der Waals surface area contributed by atoms with Gasteiger partial charge in [0.1, 0.15) is 5.82 Å². The van der Waals surface area contributed by atoms with Crippen molar-refractivity contribution in [2.24, 2.45) is 0 Å². The second kappa shape index (κ2) is 8.72. The Bertz CT molecular complexity index is 1160. The first kappa shape index (κ1) is 19.7. The first-order valence-corrected chi connectivity index (χ1v) is 7.98. The molecule has 1 radical (unpaired) electrons. The third kappa shape index (κ3) is 4.60. The predicted octanol–water partition coefficient (Wildman–Crippen LogP) is 1.99. The van der Waals surface area contributed by atoms with Crippen LogP contribution in [0.25, 0.3) is 22.5 Å². The summed E-state index contributed by atoms with van der Waals surface area (Å²) in [4.78, 5) is 32.1. The van der Waals surface area contributed by atoms with Gasteiger partial charge in [0, 0.05) is 75.6 Å². The minimum absolute atomic E-state index is 0. The largest absolute Gasteiger partial charge is 0.439 e. The van der Waals surface area contributed by atoms with Gasteiger partial charge in [-0.05, 0) is 16.7 Å². The molecule has 0 spiro atoms. The van der Waals surface area contributed by atoms with Crippen molar-refractivity contribution in [1.82, 2.24) is 20.1 Å². The van der Waals surface area contributed by atoms with E-state index in [-0.39, 0.29) is 56.9 Å². The molecule has 0 saturated heterocycles. The van der Waals surface area contributed by atoms with E-state index in [4.69, 9.17) is 0 Å². The van der Waals surface area contributed by atoms with Crippen LogP contribution in [0.5, 0.6) is 0 Å². The average molecular weight is 385 g/mol. The van der Waals surface area contributed by atoms with Crippen molar-refractivity contribution in [2.75, 3.05) is 0 Å². The summed E-state index contributed by atoms with van der Waals surface area (Å²) in [6.45, 7) is 0. The Morgan fingerprint density at radius 3 is 2.30 bits per heavy atom. The van der Waals surface area contributed by atoms with Crippen LogP contribution in [0.4, 0.5) is 0 Å². The molecule has 0 bridgehead atoms. The van der Waals surface area contributed by atoms with Crippen molar-refractivity contribution in [3.63, 3.8) is 0 Å². The van der Waals surface area contributed by atoms with Crippen LogP contribution in [-0.4, -0.2) is 71.5 Å². The van der Waals surface area contributed by atoms with Crippen LogP contribution >= 0.6 is 0 Å². The molecule has 7 nitrogen and oxygen atoms in total. The average Bonchev–Trinajstić information content (AvgIpc) is 3.09. The molecular weight excluding hydrogens is 371 g/mol. The minimum Gasteiger partial charge on any atom is -0.310 e. The van der Waals surface area contributed by atoms with Crippen LogP contribution in [0.2, 0.25) is 0 Å². The maximum atomic E-state index is 11.4. The van der Waals surface area contributed by atoms with E-state index >= 15 is 0 Å². The Hall–Kier alpha value is -2.10. The van der Waals surface area contributed by atoms with Crippen LogP contribution in [0, 0.1) is 0 Å². The molecule has 0 unspecified atom stereocenters. The molecule has 4 rings (SSSR count). The van der Waals surface area contributed by atoms with Crippen molar-refractivity contribution in [3.05, 3.63) is 93.1 Å². The number of rotatable bonds is 4. The summed E-state index contributed by atoms with van der Waals surface area (Å²) in [5.74, 6) is 0.418. The normalized spacial score (nSPS) is 10.4. The van der Waals surface area contributed by atoms with Crippen LogP contribution in [0.15, 0.2) is 74.9 Å². The second-order valence-corrected chi connectivity index (χ2v) is 5.74. The van der Waals surface area contributed by atoms with E-state index in [1.165, 1.54) is 12.3 Å². The zero-order valence-electron chi connectivity index (χ0n) is 14.6. The molecule has 129 valence electrons. The molecule has 0 aliphatic rings. The molecule has 0 aliphatic heterocycles. The van der Waals surface area contributed by atoms with E-state index in [1.54, 1.807) is 0 Å². The maximum Gasteiger partial charge on any atom is 0.439 e. The zero-order valence-corrected chi connectivity index (χ0v) is 17.7. The van der Waals surface area contributed by atoms with Gasteiger partial charge in [0.25, 0.3) is 5.56 Å². The summed E-state index contributed by atoms with van der Waals surface area (Å²) in [6.07, 6.45) is 2.03. The van der Waals surface area contributed by atoms with E-state index in [0.29, 0.717) is 18.1 Å². The van der Waals surface area contributed by atoms with Gasteiger partial charge in [0.2, 0.25) is 0 Å². The molecule has 0 aliphatic carbocycles. The van der Waals surface area contributed by atoms with E-state index < -0.39 is 5.76 Å². The van der Waals surface area contributed by atoms with Crippen LogP contribution in [0.1, 0.15) is 11.4 Å². The zero-order chi connectivity index (χ0) is 17.9. The summed E-state index contributed by atoms with van der Waals surface area (Å²) < 4.78 is 4.61. The molecule has 0 fully saturated rings. The Morgan fingerprint density at radius 1 is 0.889 bits per heavy atom. The Balaban J connectivity index is 0.00000210. The maximum absolute atomic E-state index is 11.4. The molecule has 2 aromatic carbocycles. The molecule has 2 heterocycles. The number of aromatic amines is 2. The monoisotopic (exact) mass is 385 g/mol. The first-order valence-electron chi connectivity index (χ1n) is 7.98.